The van der Waals surface area contributed by atoms with Crippen LogP contribution in [-0.2, 0) is 17.8 Å². The Balaban J connectivity index is 1.71. The van der Waals surface area contributed by atoms with Gasteiger partial charge in [0.2, 0.25) is 5.91 Å². The van der Waals surface area contributed by atoms with Crippen molar-refractivity contribution in [2.75, 3.05) is 18.4 Å². The average Bonchev–Trinajstić information content (AvgIpc) is 2.92. The summed E-state index contributed by atoms with van der Waals surface area (Å²) in [6.45, 7) is 7.22. The molecule has 2 heterocycles. The zero-order valence-corrected chi connectivity index (χ0v) is 14.1. The molecule has 1 aromatic carbocycles. The van der Waals surface area contributed by atoms with Crippen LogP contribution in [0.2, 0.25) is 0 Å². The van der Waals surface area contributed by atoms with E-state index in [-0.39, 0.29) is 5.91 Å². The number of anilines is 1. The molecule has 1 aromatic heterocycles. The first-order valence-electron chi connectivity index (χ1n) is 8.71. The van der Waals surface area contributed by atoms with Gasteiger partial charge in [0.05, 0.1) is 11.0 Å². The number of hydrogen-bond donors (Lipinski definition) is 2. The number of nitrogens with zero attached hydrogens (tertiary/aromatic N) is 2. The molecule has 0 saturated carbocycles. The summed E-state index contributed by atoms with van der Waals surface area (Å²) in [5.74, 6) is 1.72. The molecule has 5 heteroatoms. The largest absolute Gasteiger partial charge is 0.328 e. The molecule has 0 atom stereocenters. The summed E-state index contributed by atoms with van der Waals surface area (Å²) in [7, 11) is 0. The van der Waals surface area contributed by atoms with Gasteiger partial charge < -0.3 is 15.2 Å². The van der Waals surface area contributed by atoms with Crippen LogP contribution in [0.15, 0.2) is 18.2 Å². The minimum absolute atomic E-state index is 0.113. The number of fused-ring (bicyclic) bond motifs is 1. The summed E-state index contributed by atoms with van der Waals surface area (Å²) < 4.78 is 2.23. The van der Waals surface area contributed by atoms with Gasteiger partial charge in [-0.3, -0.25) is 4.79 Å². The number of aromatic nitrogens is 2. The fourth-order valence-corrected chi connectivity index (χ4v) is 3.44. The third kappa shape index (κ3) is 3.55. The zero-order chi connectivity index (χ0) is 16.2. The lowest BCUT2D eigenvalue weighted by Crippen LogP contribution is -2.30. The van der Waals surface area contributed by atoms with Crippen LogP contribution in [0.3, 0.4) is 0 Å². The standard InChI is InChI=1S/C18H26N4O/c1-3-17-21-15-12-14(5-6-16(15)22(17)4-2)20-18(23)11-13-7-9-19-10-8-13/h5-6,12-13,19H,3-4,7-11H2,1-2H3,(H,20,23). The summed E-state index contributed by atoms with van der Waals surface area (Å²) in [5.41, 5.74) is 2.95. The van der Waals surface area contributed by atoms with E-state index in [9.17, 15) is 4.79 Å². The number of amides is 1. The van der Waals surface area contributed by atoms with Crippen LogP contribution >= 0.6 is 0 Å². The highest BCUT2D eigenvalue weighted by Crippen LogP contribution is 2.22. The lowest BCUT2D eigenvalue weighted by Gasteiger charge is -2.21. The predicted octanol–water partition coefficient (Wildman–Crippen LogP) is 2.95. The van der Waals surface area contributed by atoms with Gasteiger partial charge in [-0.2, -0.15) is 0 Å². The van der Waals surface area contributed by atoms with Gasteiger partial charge >= 0.3 is 0 Å². The van der Waals surface area contributed by atoms with Crippen molar-refractivity contribution >= 4 is 22.6 Å². The summed E-state index contributed by atoms with van der Waals surface area (Å²) in [6, 6.07) is 6.03. The molecule has 0 spiro atoms. The molecule has 2 aromatic rings. The SMILES string of the molecule is CCc1nc2cc(NC(=O)CC3CCNCC3)ccc2n1CC. The highest BCUT2D eigenvalue weighted by atomic mass is 16.1. The fraction of sp³-hybridized carbons (Fsp3) is 0.556. The first-order chi connectivity index (χ1) is 11.2. The zero-order valence-electron chi connectivity index (χ0n) is 14.1. The number of carbonyl (C=O) groups is 1. The summed E-state index contributed by atoms with van der Waals surface area (Å²) in [4.78, 5) is 16.9. The highest BCUT2D eigenvalue weighted by molar-refractivity contribution is 5.93. The van der Waals surface area contributed by atoms with Crippen LogP contribution in [-0.4, -0.2) is 28.5 Å². The second-order valence-corrected chi connectivity index (χ2v) is 6.28. The molecule has 1 fully saturated rings. The van der Waals surface area contributed by atoms with E-state index in [2.05, 4.69) is 40.1 Å². The van der Waals surface area contributed by atoms with Crippen LogP contribution in [0, 0.1) is 5.92 Å². The van der Waals surface area contributed by atoms with Gasteiger partial charge in [-0.25, -0.2) is 4.98 Å². The summed E-state index contributed by atoms with van der Waals surface area (Å²) in [5, 5.41) is 6.37. The molecule has 0 bridgehead atoms. The fourth-order valence-electron chi connectivity index (χ4n) is 3.44. The van der Waals surface area contributed by atoms with Crippen molar-refractivity contribution in [3.8, 4) is 0 Å². The Morgan fingerprint density at radius 1 is 1.35 bits per heavy atom. The smallest absolute Gasteiger partial charge is 0.224 e. The second-order valence-electron chi connectivity index (χ2n) is 6.28. The van der Waals surface area contributed by atoms with Gasteiger partial charge in [0.1, 0.15) is 5.82 Å². The quantitative estimate of drug-likeness (QED) is 0.892. The molecule has 124 valence electrons. The maximum absolute atomic E-state index is 12.2. The third-order valence-electron chi connectivity index (χ3n) is 4.68. The molecule has 0 unspecified atom stereocenters. The Morgan fingerprint density at radius 2 is 2.13 bits per heavy atom. The van der Waals surface area contributed by atoms with Crippen LogP contribution in [0.25, 0.3) is 11.0 Å². The molecular weight excluding hydrogens is 288 g/mol. The maximum atomic E-state index is 12.2. The molecule has 0 aliphatic carbocycles. The number of hydrogen-bond acceptors (Lipinski definition) is 3. The van der Waals surface area contributed by atoms with Crippen molar-refractivity contribution < 1.29 is 4.79 Å². The molecular formula is C18H26N4O. The van der Waals surface area contributed by atoms with E-state index in [1.54, 1.807) is 0 Å². The third-order valence-corrected chi connectivity index (χ3v) is 4.68. The van der Waals surface area contributed by atoms with E-state index in [0.29, 0.717) is 12.3 Å². The van der Waals surface area contributed by atoms with E-state index < -0.39 is 0 Å². The number of nitrogens with one attached hydrogen (secondary N) is 2. The molecule has 3 rings (SSSR count). The lowest BCUT2D eigenvalue weighted by atomic mass is 9.94. The predicted molar refractivity (Wildman–Crippen MR) is 93.6 cm³/mol. The molecule has 0 radical (unpaired) electrons. The van der Waals surface area contributed by atoms with Gasteiger partial charge in [-0.15, -0.1) is 0 Å². The molecule has 1 saturated heterocycles. The normalized spacial score (nSPS) is 15.9. The maximum Gasteiger partial charge on any atom is 0.224 e. The Morgan fingerprint density at radius 3 is 2.83 bits per heavy atom. The van der Waals surface area contributed by atoms with Crippen LogP contribution < -0.4 is 10.6 Å². The minimum Gasteiger partial charge on any atom is -0.328 e. The number of rotatable bonds is 5. The van der Waals surface area contributed by atoms with Crippen LogP contribution in [0.5, 0.6) is 0 Å². The lowest BCUT2D eigenvalue weighted by molar-refractivity contribution is -0.117. The van der Waals surface area contributed by atoms with E-state index >= 15 is 0 Å². The first kappa shape index (κ1) is 16.0. The second kappa shape index (κ2) is 7.13. The first-order valence-corrected chi connectivity index (χ1v) is 8.71. The highest BCUT2D eigenvalue weighted by Gasteiger charge is 2.17. The minimum atomic E-state index is 0.113. The Bertz CT molecular complexity index is 686. The molecule has 1 aliphatic rings. The van der Waals surface area contributed by atoms with Crippen molar-refractivity contribution in [1.29, 1.82) is 0 Å². The summed E-state index contributed by atoms with van der Waals surface area (Å²) in [6.07, 6.45) is 3.71. The van der Waals surface area contributed by atoms with Crippen LogP contribution in [0.4, 0.5) is 5.69 Å². The van der Waals surface area contributed by atoms with Gasteiger partial charge in [0.25, 0.3) is 0 Å². The number of aryl methyl sites for hydroxylation is 2. The average molecular weight is 314 g/mol. The van der Waals surface area contributed by atoms with Crippen molar-refractivity contribution in [2.45, 2.75) is 46.1 Å². The van der Waals surface area contributed by atoms with E-state index in [0.717, 1.165) is 61.4 Å². The van der Waals surface area contributed by atoms with Crippen molar-refractivity contribution in [3.05, 3.63) is 24.0 Å². The van der Waals surface area contributed by atoms with Crippen molar-refractivity contribution in [3.63, 3.8) is 0 Å². The van der Waals surface area contributed by atoms with Crippen molar-refractivity contribution in [2.24, 2.45) is 5.92 Å². The van der Waals surface area contributed by atoms with E-state index in [4.69, 9.17) is 0 Å². The Kier molecular flexibility index (Phi) is 4.96. The van der Waals surface area contributed by atoms with Gasteiger partial charge in [-0.1, -0.05) is 6.92 Å². The Labute approximate surface area is 137 Å². The Hall–Kier alpha value is -1.88. The number of carbonyl (C=O) groups excluding carboxylic acids is 1. The number of imidazole rings is 1. The number of benzene rings is 1. The van der Waals surface area contributed by atoms with E-state index in [1.165, 1.54) is 0 Å². The van der Waals surface area contributed by atoms with Gasteiger partial charge in [0.15, 0.2) is 0 Å². The molecule has 1 aliphatic heterocycles. The van der Waals surface area contributed by atoms with Crippen LogP contribution in [0.1, 0.15) is 38.9 Å². The molecule has 23 heavy (non-hydrogen) atoms. The summed E-state index contributed by atoms with van der Waals surface area (Å²) >= 11 is 0. The van der Waals surface area contributed by atoms with Gasteiger partial charge in [0, 0.05) is 25.1 Å². The molecule has 1 amide bonds. The molecule has 5 nitrogen and oxygen atoms in total. The van der Waals surface area contributed by atoms with Gasteiger partial charge in [-0.05, 0) is 57.0 Å². The van der Waals surface area contributed by atoms with E-state index in [1.807, 2.05) is 12.1 Å². The monoisotopic (exact) mass is 314 g/mol. The topological polar surface area (TPSA) is 59.0 Å². The molecule has 2 N–H and O–H groups in total. The van der Waals surface area contributed by atoms with Crippen molar-refractivity contribution in [1.82, 2.24) is 14.9 Å². The number of piperidine rings is 1.